The predicted molar refractivity (Wildman–Crippen MR) is 140 cm³/mol. The molecule has 5 rings (SSSR count). The first kappa shape index (κ1) is 26.0. The number of rotatable bonds is 6. The van der Waals surface area contributed by atoms with Gasteiger partial charge in [-0.2, -0.15) is 10.2 Å². The van der Waals surface area contributed by atoms with Crippen molar-refractivity contribution in [3.8, 4) is 6.07 Å². The van der Waals surface area contributed by atoms with E-state index in [1.54, 1.807) is 17.4 Å². The molecule has 37 heavy (non-hydrogen) atoms. The Kier molecular flexibility index (Phi) is 6.77. The minimum atomic E-state index is -3.31. The van der Waals surface area contributed by atoms with E-state index in [9.17, 15) is 23.6 Å². The monoisotopic (exact) mass is 529 g/mol. The van der Waals surface area contributed by atoms with Gasteiger partial charge in [-0.25, -0.2) is 17.7 Å². The number of piperidine rings is 1. The number of pyridine rings is 1. The molecule has 11 nitrogen and oxygen atoms in total. The quantitative estimate of drug-likeness (QED) is 0.568. The van der Waals surface area contributed by atoms with E-state index < -0.39 is 27.2 Å². The summed E-state index contributed by atoms with van der Waals surface area (Å²) in [5.41, 5.74) is -1.16. The Labute approximate surface area is 217 Å². The first-order valence-electron chi connectivity index (χ1n) is 13.1. The average molecular weight is 530 g/mol. The molecular formula is C25H35N7O4S. The molecule has 2 saturated heterocycles. The lowest BCUT2D eigenvalue weighted by molar-refractivity contribution is 0.0266. The zero-order chi connectivity index (χ0) is 26.5. The van der Waals surface area contributed by atoms with Gasteiger partial charge in [0.05, 0.1) is 11.6 Å². The van der Waals surface area contributed by atoms with Gasteiger partial charge in [0.1, 0.15) is 22.5 Å². The summed E-state index contributed by atoms with van der Waals surface area (Å²) in [7, 11) is -3.31. The molecule has 1 saturated carbocycles. The highest BCUT2D eigenvalue weighted by atomic mass is 32.2. The molecule has 3 fully saturated rings. The fourth-order valence-electron chi connectivity index (χ4n) is 5.82. The molecule has 0 aromatic carbocycles. The Bertz CT molecular complexity index is 1380. The highest BCUT2D eigenvalue weighted by Gasteiger charge is 2.43. The van der Waals surface area contributed by atoms with Crippen molar-refractivity contribution in [2.24, 2.45) is 0 Å². The van der Waals surface area contributed by atoms with Crippen LogP contribution in [-0.2, 0) is 10.0 Å². The molecule has 0 radical (unpaired) electrons. The Balaban J connectivity index is 1.33. The van der Waals surface area contributed by atoms with E-state index in [0.29, 0.717) is 74.9 Å². The molecule has 2 aromatic heterocycles. The van der Waals surface area contributed by atoms with Crippen LogP contribution in [0.3, 0.4) is 0 Å². The number of hydrogen-bond acceptors (Lipinski definition) is 9. The van der Waals surface area contributed by atoms with Crippen LogP contribution in [-0.4, -0.2) is 86.4 Å². The minimum Gasteiger partial charge on any atom is -0.388 e. The lowest BCUT2D eigenvalue weighted by Crippen LogP contribution is -2.61. The largest absolute Gasteiger partial charge is 0.388 e. The van der Waals surface area contributed by atoms with Crippen LogP contribution in [0.2, 0.25) is 0 Å². The number of fused-ring (bicyclic) bond motifs is 1. The Hall–Kier alpha value is -2.59. The normalized spacial score (nSPS) is 26.4. The molecule has 12 heteroatoms. The van der Waals surface area contributed by atoms with Crippen molar-refractivity contribution in [1.82, 2.24) is 23.7 Å². The molecule has 4 heterocycles. The average Bonchev–Trinajstić information content (AvgIpc) is 3.16. The van der Waals surface area contributed by atoms with E-state index in [-0.39, 0.29) is 16.9 Å². The molecule has 2 aromatic rings. The van der Waals surface area contributed by atoms with Crippen molar-refractivity contribution in [1.29, 1.82) is 5.26 Å². The second kappa shape index (κ2) is 9.62. The first-order valence-corrected chi connectivity index (χ1v) is 14.6. The predicted octanol–water partition coefficient (Wildman–Crippen LogP) is 1.44. The van der Waals surface area contributed by atoms with Gasteiger partial charge in [-0.05, 0) is 58.9 Å². The maximum absolute atomic E-state index is 13.1. The molecule has 2 N–H and O–H groups in total. The zero-order valence-electron chi connectivity index (χ0n) is 21.6. The van der Waals surface area contributed by atoms with E-state index >= 15 is 0 Å². The van der Waals surface area contributed by atoms with Gasteiger partial charge >= 0.3 is 0 Å². The Morgan fingerprint density at radius 3 is 2.54 bits per heavy atom. The summed E-state index contributed by atoms with van der Waals surface area (Å²) in [5.74, 6) is 0.343. The molecule has 2 aliphatic heterocycles. The van der Waals surface area contributed by atoms with Gasteiger partial charge < -0.3 is 10.4 Å². The molecule has 0 bridgehead atoms. The summed E-state index contributed by atoms with van der Waals surface area (Å²) in [4.78, 5) is 24.4. The smallest absolute Gasteiger partial charge is 0.270 e. The summed E-state index contributed by atoms with van der Waals surface area (Å²) < 4.78 is 29.1. The third kappa shape index (κ3) is 4.74. The Morgan fingerprint density at radius 2 is 1.95 bits per heavy atom. The number of aliphatic hydroxyl groups is 1. The van der Waals surface area contributed by atoms with Gasteiger partial charge in [0, 0.05) is 49.8 Å². The number of likely N-dealkylation sites (tertiary alicyclic amines) is 1. The standard InChI is InChI=1S/C25H35N7O4S/c1-16(2)30-14-20(15-30)37(35,36)31-9-6-19(7-10-31)28-24-27-13-18-11-17(12-26)23(33)32(22(18)29-24)21-5-4-8-25(21,3)34/h11,13,16,19-21,34H,4-10,14-15H2,1-3H3,(H,27,28,29)/t21-,25-/m1/s1. The van der Waals surface area contributed by atoms with E-state index in [2.05, 4.69) is 34.0 Å². The highest BCUT2D eigenvalue weighted by molar-refractivity contribution is 7.89. The molecular weight excluding hydrogens is 494 g/mol. The molecule has 2 atom stereocenters. The number of nitriles is 1. The van der Waals surface area contributed by atoms with Gasteiger partial charge in [0.25, 0.3) is 5.56 Å². The molecule has 3 aliphatic rings. The number of sulfonamides is 1. The fraction of sp³-hybridized carbons (Fsp3) is 0.680. The van der Waals surface area contributed by atoms with Crippen LogP contribution in [0, 0.1) is 11.3 Å². The zero-order valence-corrected chi connectivity index (χ0v) is 22.4. The number of anilines is 1. The number of nitrogens with zero attached hydrogens (tertiary/aromatic N) is 6. The SMILES string of the molecule is CC(C)N1CC(S(=O)(=O)N2CCC(Nc3ncc4cc(C#N)c(=O)n([C@@H]5CCC[C@@]5(C)O)c4n3)CC2)C1. The number of hydrogen-bond donors (Lipinski definition) is 2. The molecule has 0 spiro atoms. The Morgan fingerprint density at radius 1 is 1.24 bits per heavy atom. The van der Waals surface area contributed by atoms with Crippen molar-refractivity contribution in [3.05, 3.63) is 28.2 Å². The van der Waals surface area contributed by atoms with Gasteiger partial charge in [0.2, 0.25) is 16.0 Å². The second-order valence-electron chi connectivity index (χ2n) is 11.1. The molecule has 200 valence electrons. The highest BCUT2D eigenvalue weighted by Crippen LogP contribution is 2.39. The molecule has 0 unspecified atom stereocenters. The summed E-state index contributed by atoms with van der Waals surface area (Å²) >= 11 is 0. The maximum Gasteiger partial charge on any atom is 0.270 e. The van der Waals surface area contributed by atoms with Gasteiger partial charge in [-0.3, -0.25) is 14.3 Å². The van der Waals surface area contributed by atoms with Crippen LogP contribution in [0.1, 0.15) is 64.5 Å². The van der Waals surface area contributed by atoms with E-state index in [0.717, 1.165) is 6.42 Å². The van der Waals surface area contributed by atoms with Gasteiger partial charge in [-0.15, -0.1) is 0 Å². The van der Waals surface area contributed by atoms with Crippen molar-refractivity contribution in [2.75, 3.05) is 31.5 Å². The van der Waals surface area contributed by atoms with Crippen LogP contribution in [0.5, 0.6) is 0 Å². The number of aromatic nitrogens is 3. The molecule has 1 aliphatic carbocycles. The van der Waals surface area contributed by atoms with Crippen LogP contribution >= 0.6 is 0 Å². The summed E-state index contributed by atoms with van der Waals surface area (Å²) in [6.07, 6.45) is 4.79. The summed E-state index contributed by atoms with van der Waals surface area (Å²) in [5, 5.41) is 24.0. The van der Waals surface area contributed by atoms with Crippen molar-refractivity contribution in [3.63, 3.8) is 0 Å². The van der Waals surface area contributed by atoms with Gasteiger partial charge in [-0.1, -0.05) is 0 Å². The third-order valence-corrected chi connectivity index (χ3v) is 10.5. The van der Waals surface area contributed by atoms with E-state index in [1.165, 1.54) is 10.6 Å². The van der Waals surface area contributed by atoms with Crippen molar-refractivity contribution >= 4 is 27.0 Å². The number of nitrogens with one attached hydrogen (secondary N) is 1. The van der Waals surface area contributed by atoms with Crippen LogP contribution in [0.4, 0.5) is 5.95 Å². The topological polar surface area (TPSA) is 144 Å². The third-order valence-electron chi connectivity index (χ3n) is 8.26. The summed E-state index contributed by atoms with van der Waals surface area (Å²) in [6, 6.07) is 3.31. The van der Waals surface area contributed by atoms with Crippen molar-refractivity contribution < 1.29 is 13.5 Å². The lowest BCUT2D eigenvalue weighted by Gasteiger charge is -2.44. The fourth-order valence-corrected chi connectivity index (χ4v) is 7.73. The minimum absolute atomic E-state index is 0.00364. The molecule has 0 amide bonds. The van der Waals surface area contributed by atoms with E-state index in [4.69, 9.17) is 0 Å². The van der Waals surface area contributed by atoms with E-state index in [1.807, 2.05) is 6.07 Å². The van der Waals surface area contributed by atoms with Crippen LogP contribution in [0.15, 0.2) is 17.1 Å². The maximum atomic E-state index is 13.1. The first-order chi connectivity index (χ1) is 17.5. The summed E-state index contributed by atoms with van der Waals surface area (Å²) in [6.45, 7) is 7.92. The lowest BCUT2D eigenvalue weighted by atomic mass is 9.99. The van der Waals surface area contributed by atoms with Gasteiger partial charge in [0.15, 0.2) is 0 Å². The van der Waals surface area contributed by atoms with Crippen LogP contribution < -0.4 is 10.9 Å². The second-order valence-corrected chi connectivity index (χ2v) is 13.3. The van der Waals surface area contributed by atoms with Crippen molar-refractivity contribution in [2.45, 2.75) is 81.9 Å². The van der Waals surface area contributed by atoms with Crippen LogP contribution in [0.25, 0.3) is 11.0 Å².